The summed E-state index contributed by atoms with van der Waals surface area (Å²) >= 11 is 0. The molecule has 2 aromatic rings. The van der Waals surface area contributed by atoms with Crippen LogP contribution < -0.4 is 5.56 Å². The number of nitrogens with one attached hydrogen (secondary N) is 1. The van der Waals surface area contributed by atoms with E-state index in [1.807, 2.05) is 24.0 Å². The Kier molecular flexibility index (Phi) is 4.60. The number of nitrogens with zero attached hydrogens (tertiary/aromatic N) is 3. The first-order valence-corrected chi connectivity index (χ1v) is 8.08. The van der Waals surface area contributed by atoms with Gasteiger partial charge in [-0.25, -0.2) is 0 Å². The third-order valence-electron chi connectivity index (χ3n) is 4.55. The zero-order valence-corrected chi connectivity index (χ0v) is 13.4. The molecule has 0 aliphatic carbocycles. The predicted octanol–water partition coefficient (Wildman–Crippen LogP) is 1.68. The van der Waals surface area contributed by atoms with Crippen molar-refractivity contribution in [3.8, 4) is 0 Å². The van der Waals surface area contributed by atoms with Crippen LogP contribution in [0.25, 0.3) is 0 Å². The van der Waals surface area contributed by atoms with Crippen LogP contribution >= 0.6 is 0 Å². The fraction of sp³-hybridized carbons (Fsp3) is 0.471. The maximum atomic E-state index is 12.5. The van der Waals surface area contributed by atoms with E-state index in [1.54, 1.807) is 16.8 Å². The quantitative estimate of drug-likeness (QED) is 0.933. The SMILES string of the molecule is Cc1cccc(=O)n1CCC(=O)N1CCCC(c2ccn[nH]2)C1. The minimum atomic E-state index is -0.0493. The van der Waals surface area contributed by atoms with Crippen LogP contribution in [-0.2, 0) is 11.3 Å². The van der Waals surface area contributed by atoms with Crippen molar-refractivity contribution in [2.24, 2.45) is 0 Å². The lowest BCUT2D eigenvalue weighted by molar-refractivity contribution is -0.132. The van der Waals surface area contributed by atoms with Gasteiger partial charge in [-0.3, -0.25) is 14.7 Å². The first-order chi connectivity index (χ1) is 11.1. The van der Waals surface area contributed by atoms with Crippen LogP contribution in [0.5, 0.6) is 0 Å². The Hall–Kier alpha value is -2.37. The highest BCUT2D eigenvalue weighted by Crippen LogP contribution is 2.25. The van der Waals surface area contributed by atoms with Gasteiger partial charge >= 0.3 is 0 Å². The molecular weight excluding hydrogens is 292 g/mol. The number of hydrogen-bond donors (Lipinski definition) is 1. The summed E-state index contributed by atoms with van der Waals surface area (Å²) in [6.45, 7) is 3.85. The average Bonchev–Trinajstić information content (AvgIpc) is 3.09. The molecule has 1 atom stereocenters. The van der Waals surface area contributed by atoms with Gasteiger partial charge in [0.05, 0.1) is 0 Å². The van der Waals surface area contributed by atoms with Gasteiger partial charge in [-0.05, 0) is 31.9 Å². The van der Waals surface area contributed by atoms with Crippen molar-refractivity contribution in [2.75, 3.05) is 13.1 Å². The van der Waals surface area contributed by atoms with Crippen LogP contribution in [0, 0.1) is 6.92 Å². The number of carbonyl (C=O) groups is 1. The van der Waals surface area contributed by atoms with E-state index in [4.69, 9.17) is 0 Å². The number of H-pyrrole nitrogens is 1. The van der Waals surface area contributed by atoms with Crippen molar-refractivity contribution >= 4 is 5.91 Å². The van der Waals surface area contributed by atoms with E-state index < -0.39 is 0 Å². The summed E-state index contributed by atoms with van der Waals surface area (Å²) in [6, 6.07) is 7.15. The first-order valence-electron chi connectivity index (χ1n) is 8.08. The zero-order valence-electron chi connectivity index (χ0n) is 13.4. The Morgan fingerprint density at radius 3 is 3.00 bits per heavy atom. The summed E-state index contributed by atoms with van der Waals surface area (Å²) < 4.78 is 1.66. The molecule has 6 nitrogen and oxygen atoms in total. The lowest BCUT2D eigenvalue weighted by Gasteiger charge is -2.32. The van der Waals surface area contributed by atoms with E-state index in [0.29, 0.717) is 18.9 Å². The number of pyridine rings is 1. The molecule has 1 saturated heterocycles. The molecule has 0 bridgehead atoms. The molecule has 1 aliphatic heterocycles. The van der Waals surface area contributed by atoms with Crippen LogP contribution in [-0.4, -0.2) is 38.7 Å². The van der Waals surface area contributed by atoms with Gasteiger partial charge in [0.2, 0.25) is 5.91 Å². The molecule has 0 radical (unpaired) electrons. The fourth-order valence-electron chi connectivity index (χ4n) is 3.23. The molecule has 3 rings (SSSR count). The molecule has 122 valence electrons. The Morgan fingerprint density at radius 2 is 2.26 bits per heavy atom. The summed E-state index contributed by atoms with van der Waals surface area (Å²) in [5.41, 5.74) is 1.93. The molecule has 1 fully saturated rings. The van der Waals surface area contributed by atoms with E-state index in [2.05, 4.69) is 10.2 Å². The Morgan fingerprint density at radius 1 is 1.39 bits per heavy atom. The maximum absolute atomic E-state index is 12.5. The van der Waals surface area contributed by atoms with Gasteiger partial charge in [0.15, 0.2) is 0 Å². The molecule has 0 spiro atoms. The smallest absolute Gasteiger partial charge is 0.250 e. The largest absolute Gasteiger partial charge is 0.342 e. The number of carbonyl (C=O) groups excluding carboxylic acids is 1. The van der Waals surface area contributed by atoms with Gasteiger partial charge in [0.1, 0.15) is 0 Å². The lowest BCUT2D eigenvalue weighted by Crippen LogP contribution is -2.40. The van der Waals surface area contributed by atoms with E-state index in [9.17, 15) is 9.59 Å². The minimum absolute atomic E-state index is 0.0493. The number of piperidine rings is 1. The molecule has 1 aliphatic rings. The standard InChI is InChI=1S/C17H22N4O2/c1-13-4-2-6-17(23)21(13)11-8-16(22)20-10-3-5-14(12-20)15-7-9-18-19-15/h2,4,6-7,9,14H,3,5,8,10-12H2,1H3,(H,18,19). The highest BCUT2D eigenvalue weighted by Gasteiger charge is 2.25. The highest BCUT2D eigenvalue weighted by molar-refractivity contribution is 5.76. The van der Waals surface area contributed by atoms with Crippen molar-refractivity contribution in [2.45, 2.75) is 38.6 Å². The number of hydrogen-bond acceptors (Lipinski definition) is 3. The Labute approximate surface area is 135 Å². The van der Waals surface area contributed by atoms with Crippen LogP contribution in [0.3, 0.4) is 0 Å². The van der Waals surface area contributed by atoms with Crippen LogP contribution in [0.1, 0.15) is 36.6 Å². The topological polar surface area (TPSA) is 71.0 Å². The fourth-order valence-corrected chi connectivity index (χ4v) is 3.23. The second kappa shape index (κ2) is 6.81. The monoisotopic (exact) mass is 314 g/mol. The van der Waals surface area contributed by atoms with Gasteiger partial charge < -0.3 is 9.47 Å². The molecule has 6 heteroatoms. The Bertz CT molecular complexity index is 720. The summed E-state index contributed by atoms with van der Waals surface area (Å²) in [5, 5.41) is 7.00. The molecule has 0 saturated carbocycles. The van der Waals surface area contributed by atoms with Crippen LogP contribution in [0.2, 0.25) is 0 Å². The van der Waals surface area contributed by atoms with E-state index in [0.717, 1.165) is 37.3 Å². The number of likely N-dealkylation sites (tertiary alicyclic amines) is 1. The average molecular weight is 314 g/mol. The molecule has 1 unspecified atom stereocenters. The number of aromatic nitrogens is 3. The van der Waals surface area contributed by atoms with E-state index >= 15 is 0 Å². The third-order valence-corrected chi connectivity index (χ3v) is 4.55. The number of aromatic amines is 1. The van der Waals surface area contributed by atoms with E-state index in [-0.39, 0.29) is 11.5 Å². The second-order valence-corrected chi connectivity index (χ2v) is 6.10. The summed E-state index contributed by atoms with van der Waals surface area (Å²) in [5.74, 6) is 0.445. The van der Waals surface area contributed by atoms with Crippen molar-refractivity contribution in [3.63, 3.8) is 0 Å². The maximum Gasteiger partial charge on any atom is 0.250 e. The van der Waals surface area contributed by atoms with Crippen molar-refractivity contribution in [3.05, 3.63) is 52.2 Å². The van der Waals surface area contributed by atoms with Crippen molar-refractivity contribution in [1.82, 2.24) is 19.7 Å². The molecule has 23 heavy (non-hydrogen) atoms. The second-order valence-electron chi connectivity index (χ2n) is 6.10. The van der Waals surface area contributed by atoms with Gasteiger partial charge in [-0.1, -0.05) is 6.07 Å². The number of amides is 1. The highest BCUT2D eigenvalue weighted by atomic mass is 16.2. The zero-order chi connectivity index (χ0) is 16.2. The van der Waals surface area contributed by atoms with Crippen LogP contribution in [0.4, 0.5) is 0 Å². The molecule has 1 N–H and O–H groups in total. The van der Waals surface area contributed by atoms with Gasteiger partial charge in [-0.15, -0.1) is 0 Å². The third kappa shape index (κ3) is 3.52. The first kappa shape index (κ1) is 15.5. The molecular formula is C17H22N4O2. The number of rotatable bonds is 4. The van der Waals surface area contributed by atoms with Gasteiger partial charge in [0, 0.05) is 55.6 Å². The van der Waals surface area contributed by atoms with Gasteiger partial charge in [-0.2, -0.15) is 5.10 Å². The van der Waals surface area contributed by atoms with E-state index in [1.165, 1.54) is 6.07 Å². The molecule has 1 amide bonds. The molecule has 3 heterocycles. The number of aryl methyl sites for hydroxylation is 1. The van der Waals surface area contributed by atoms with Gasteiger partial charge in [0.25, 0.3) is 5.56 Å². The molecule has 0 aromatic carbocycles. The van der Waals surface area contributed by atoms with Crippen LogP contribution in [0.15, 0.2) is 35.3 Å². The van der Waals surface area contributed by atoms with Crippen molar-refractivity contribution < 1.29 is 4.79 Å². The summed E-state index contributed by atoms with van der Waals surface area (Å²) in [7, 11) is 0. The predicted molar refractivity (Wildman–Crippen MR) is 87.2 cm³/mol. The normalized spacial score (nSPS) is 18.1. The molecule has 2 aromatic heterocycles. The Balaban J connectivity index is 1.61. The minimum Gasteiger partial charge on any atom is -0.342 e. The summed E-state index contributed by atoms with van der Waals surface area (Å²) in [6.07, 6.45) is 4.18. The lowest BCUT2D eigenvalue weighted by atomic mass is 9.95. The summed E-state index contributed by atoms with van der Waals surface area (Å²) in [4.78, 5) is 26.3. The van der Waals surface area contributed by atoms with Crippen molar-refractivity contribution in [1.29, 1.82) is 0 Å².